The molecule has 1 N–H and O–H groups in total. The second-order valence-corrected chi connectivity index (χ2v) is 6.00. The van der Waals surface area contributed by atoms with Crippen molar-refractivity contribution in [1.29, 1.82) is 0 Å². The molecule has 1 unspecified atom stereocenters. The Kier molecular flexibility index (Phi) is 4.96. The van der Waals surface area contributed by atoms with Crippen molar-refractivity contribution < 1.29 is 13.2 Å². The van der Waals surface area contributed by atoms with Crippen LogP contribution in [-0.4, -0.2) is 25.7 Å². The predicted octanol–water partition coefficient (Wildman–Crippen LogP) is 4.05. The fraction of sp³-hybridized carbons (Fsp3) is 0.571. The van der Waals surface area contributed by atoms with Crippen molar-refractivity contribution in [2.24, 2.45) is 0 Å². The Labute approximate surface area is 125 Å². The highest BCUT2D eigenvalue weighted by Crippen LogP contribution is 2.35. The summed E-state index contributed by atoms with van der Waals surface area (Å²) in [4.78, 5) is 2.01. The van der Waals surface area contributed by atoms with Gasteiger partial charge < -0.3 is 10.2 Å². The molecule has 1 atom stereocenters. The van der Waals surface area contributed by atoms with E-state index >= 15 is 0 Å². The van der Waals surface area contributed by atoms with E-state index in [2.05, 4.69) is 28.2 Å². The third-order valence-electron chi connectivity index (χ3n) is 3.45. The molecule has 6 heteroatoms. The van der Waals surface area contributed by atoms with E-state index < -0.39 is 11.7 Å². The molecule has 1 aliphatic heterocycles. The van der Waals surface area contributed by atoms with Gasteiger partial charge in [-0.05, 0) is 37.6 Å². The highest BCUT2D eigenvalue weighted by atomic mass is 79.9. The lowest BCUT2D eigenvalue weighted by Crippen LogP contribution is -2.33. The van der Waals surface area contributed by atoms with Crippen molar-refractivity contribution in [3.63, 3.8) is 0 Å². The van der Waals surface area contributed by atoms with Crippen LogP contribution in [0.3, 0.4) is 0 Å². The number of hydrogen-bond acceptors (Lipinski definition) is 2. The summed E-state index contributed by atoms with van der Waals surface area (Å²) in [6, 6.07) is 4.46. The Hall–Kier alpha value is -0.750. The normalized spacial score (nSPS) is 19.6. The minimum absolute atomic E-state index is 0.364. The van der Waals surface area contributed by atoms with Gasteiger partial charge in [0.1, 0.15) is 0 Å². The molecule has 112 valence electrons. The Bertz CT molecular complexity index is 462. The Morgan fingerprint density at radius 2 is 2.10 bits per heavy atom. The van der Waals surface area contributed by atoms with Crippen molar-refractivity contribution in [2.45, 2.75) is 32.0 Å². The zero-order chi connectivity index (χ0) is 14.8. The van der Waals surface area contributed by atoms with Crippen LogP contribution in [0.2, 0.25) is 0 Å². The average Bonchev–Trinajstić information content (AvgIpc) is 2.83. The average molecular weight is 351 g/mol. The van der Waals surface area contributed by atoms with E-state index in [1.54, 1.807) is 6.07 Å². The predicted molar refractivity (Wildman–Crippen MR) is 78.1 cm³/mol. The highest BCUT2D eigenvalue weighted by molar-refractivity contribution is 9.10. The van der Waals surface area contributed by atoms with Crippen molar-refractivity contribution in [2.75, 3.05) is 24.5 Å². The quantitative estimate of drug-likeness (QED) is 0.881. The summed E-state index contributed by atoms with van der Waals surface area (Å²) in [6.45, 7) is 4.59. The summed E-state index contributed by atoms with van der Waals surface area (Å²) in [6.07, 6.45) is -2.28. The molecule has 1 aromatic rings. The maximum Gasteiger partial charge on any atom is 0.416 e. The molecule has 0 amide bonds. The first-order valence-electron chi connectivity index (χ1n) is 6.76. The molecule has 0 spiro atoms. The molecule has 0 radical (unpaired) electrons. The number of rotatable bonds is 4. The van der Waals surface area contributed by atoms with Gasteiger partial charge in [0.05, 0.1) is 5.56 Å². The van der Waals surface area contributed by atoms with Crippen molar-refractivity contribution in [1.82, 2.24) is 5.32 Å². The summed E-state index contributed by atoms with van der Waals surface area (Å²) in [5.74, 6) is 0. The van der Waals surface area contributed by atoms with Crippen molar-refractivity contribution in [3.05, 3.63) is 28.2 Å². The molecule has 2 nitrogen and oxygen atoms in total. The molecule has 1 heterocycles. The van der Waals surface area contributed by atoms with Gasteiger partial charge in [0.25, 0.3) is 0 Å². The molecule has 1 aliphatic rings. The van der Waals surface area contributed by atoms with E-state index in [4.69, 9.17) is 0 Å². The van der Waals surface area contributed by atoms with Gasteiger partial charge in [-0.3, -0.25) is 0 Å². The van der Waals surface area contributed by atoms with Gasteiger partial charge in [-0.2, -0.15) is 13.2 Å². The Morgan fingerprint density at radius 1 is 1.35 bits per heavy atom. The molecule has 0 aliphatic carbocycles. The lowest BCUT2D eigenvalue weighted by molar-refractivity contribution is -0.137. The molecule has 0 saturated carbocycles. The second-order valence-electron chi connectivity index (χ2n) is 5.08. The van der Waals surface area contributed by atoms with Gasteiger partial charge in [0.2, 0.25) is 0 Å². The number of benzene rings is 1. The van der Waals surface area contributed by atoms with Crippen LogP contribution in [0.15, 0.2) is 22.7 Å². The van der Waals surface area contributed by atoms with Gasteiger partial charge in [-0.15, -0.1) is 0 Å². The van der Waals surface area contributed by atoms with Crippen LogP contribution in [-0.2, 0) is 6.18 Å². The monoisotopic (exact) mass is 350 g/mol. The highest BCUT2D eigenvalue weighted by Gasteiger charge is 2.32. The molecular weight excluding hydrogens is 333 g/mol. The summed E-state index contributed by atoms with van der Waals surface area (Å²) in [5, 5.41) is 3.41. The number of anilines is 1. The molecule has 1 fully saturated rings. The first-order valence-corrected chi connectivity index (χ1v) is 7.55. The summed E-state index contributed by atoms with van der Waals surface area (Å²) >= 11 is 3.17. The van der Waals surface area contributed by atoms with Gasteiger partial charge in [0, 0.05) is 29.3 Å². The third-order valence-corrected chi connectivity index (χ3v) is 3.90. The lowest BCUT2D eigenvalue weighted by Gasteiger charge is -2.21. The zero-order valence-electron chi connectivity index (χ0n) is 11.3. The van der Waals surface area contributed by atoms with Crippen molar-refractivity contribution >= 4 is 21.6 Å². The maximum absolute atomic E-state index is 12.8. The third kappa shape index (κ3) is 3.88. The van der Waals surface area contributed by atoms with Gasteiger partial charge >= 0.3 is 6.18 Å². The van der Waals surface area contributed by atoms with Gasteiger partial charge in [-0.25, -0.2) is 0 Å². The molecule has 2 rings (SSSR count). The zero-order valence-corrected chi connectivity index (χ0v) is 12.9. The smallest absolute Gasteiger partial charge is 0.370 e. The standard InChI is InChI=1S/C14H18BrF3N2/c1-2-4-19-12-3-5-20(9-12)13-7-10(14(16,17)18)6-11(15)8-13/h6-8,12,19H,2-5,9H2,1H3. The van der Waals surface area contributed by atoms with E-state index in [-0.39, 0.29) is 0 Å². The molecule has 20 heavy (non-hydrogen) atoms. The van der Waals surface area contributed by atoms with E-state index in [1.165, 1.54) is 6.07 Å². The summed E-state index contributed by atoms with van der Waals surface area (Å²) < 4.78 is 38.9. The van der Waals surface area contributed by atoms with Crippen LogP contribution in [0.25, 0.3) is 0 Å². The summed E-state index contributed by atoms with van der Waals surface area (Å²) in [5.41, 5.74) is 0.0272. The lowest BCUT2D eigenvalue weighted by atomic mass is 10.2. The molecular formula is C14H18BrF3N2. The molecule has 0 aromatic heterocycles. The number of hydrogen-bond donors (Lipinski definition) is 1. The van der Waals surface area contributed by atoms with Crippen LogP contribution in [0.5, 0.6) is 0 Å². The fourth-order valence-electron chi connectivity index (χ4n) is 2.43. The van der Waals surface area contributed by atoms with Gasteiger partial charge in [0.15, 0.2) is 0 Å². The van der Waals surface area contributed by atoms with Crippen molar-refractivity contribution in [3.8, 4) is 0 Å². The van der Waals surface area contributed by atoms with Crippen LogP contribution in [0, 0.1) is 0 Å². The van der Waals surface area contributed by atoms with Crippen LogP contribution in [0.4, 0.5) is 18.9 Å². The van der Waals surface area contributed by atoms with Crippen LogP contribution >= 0.6 is 15.9 Å². The number of nitrogens with zero attached hydrogens (tertiary/aromatic N) is 1. The van der Waals surface area contributed by atoms with E-state index in [1.807, 2.05) is 4.90 Å². The minimum atomic E-state index is -4.31. The summed E-state index contributed by atoms with van der Waals surface area (Å²) in [7, 11) is 0. The topological polar surface area (TPSA) is 15.3 Å². The first-order chi connectivity index (χ1) is 9.40. The number of halogens is 4. The molecule has 0 bridgehead atoms. The Balaban J connectivity index is 2.12. The molecule has 1 aromatic carbocycles. The number of alkyl halides is 3. The number of nitrogens with one attached hydrogen (secondary N) is 1. The SMILES string of the molecule is CCCNC1CCN(c2cc(Br)cc(C(F)(F)F)c2)C1. The largest absolute Gasteiger partial charge is 0.416 e. The van der Waals surface area contributed by atoms with E-state index in [9.17, 15) is 13.2 Å². The van der Waals surface area contributed by atoms with Gasteiger partial charge in [-0.1, -0.05) is 22.9 Å². The second kappa shape index (κ2) is 6.35. The maximum atomic E-state index is 12.8. The first kappa shape index (κ1) is 15.6. The van der Waals surface area contributed by atoms with E-state index in [0.717, 1.165) is 38.5 Å². The van der Waals surface area contributed by atoms with E-state index in [0.29, 0.717) is 16.2 Å². The van der Waals surface area contributed by atoms with Crippen LogP contribution < -0.4 is 10.2 Å². The fourth-order valence-corrected chi connectivity index (χ4v) is 2.91. The Morgan fingerprint density at radius 3 is 2.75 bits per heavy atom. The molecule has 1 saturated heterocycles. The van der Waals surface area contributed by atoms with Crippen LogP contribution in [0.1, 0.15) is 25.3 Å². The minimum Gasteiger partial charge on any atom is -0.370 e.